The first-order chi connectivity index (χ1) is 9.70. The molecule has 1 aromatic carbocycles. The number of aliphatic hydroxyl groups excluding tert-OH is 1. The molecule has 0 unspecified atom stereocenters. The molecule has 7 nitrogen and oxygen atoms in total. The van der Waals surface area contributed by atoms with Gasteiger partial charge in [-0.2, -0.15) is 5.10 Å². The summed E-state index contributed by atoms with van der Waals surface area (Å²) in [6.07, 6.45) is 1.68. The minimum absolute atomic E-state index is 0.0327. The summed E-state index contributed by atoms with van der Waals surface area (Å²) in [5, 5.41) is 13.8. The summed E-state index contributed by atoms with van der Waals surface area (Å²) < 4.78 is 1.04. The van der Waals surface area contributed by atoms with Crippen molar-refractivity contribution in [3.8, 4) is 11.3 Å². The van der Waals surface area contributed by atoms with E-state index >= 15 is 0 Å². The van der Waals surface area contributed by atoms with Crippen molar-refractivity contribution in [2.24, 2.45) is 0 Å². The van der Waals surface area contributed by atoms with E-state index in [9.17, 15) is 9.59 Å². The fraction of sp³-hybridized carbons (Fsp3) is 0.154. The number of para-hydroxylation sites is 1. The molecule has 20 heavy (non-hydrogen) atoms. The molecular weight excluding hydrogens is 260 g/mol. The monoisotopic (exact) mass is 272 g/mol. The van der Waals surface area contributed by atoms with Crippen molar-refractivity contribution < 1.29 is 5.11 Å². The minimum atomic E-state index is -0.632. The van der Waals surface area contributed by atoms with Gasteiger partial charge in [0.05, 0.1) is 13.2 Å². The zero-order valence-corrected chi connectivity index (χ0v) is 10.5. The Bertz CT molecular complexity index is 875. The molecule has 0 aliphatic heterocycles. The Morgan fingerprint density at radius 3 is 2.85 bits per heavy atom. The van der Waals surface area contributed by atoms with Gasteiger partial charge in [-0.25, -0.2) is 9.48 Å². The molecule has 102 valence electrons. The second-order valence-electron chi connectivity index (χ2n) is 4.30. The second kappa shape index (κ2) is 4.78. The quantitative estimate of drug-likeness (QED) is 0.627. The first-order valence-electron chi connectivity index (χ1n) is 6.09. The van der Waals surface area contributed by atoms with Crippen LogP contribution in [0.1, 0.15) is 0 Å². The van der Waals surface area contributed by atoms with Crippen LogP contribution in [0.25, 0.3) is 22.2 Å². The van der Waals surface area contributed by atoms with Gasteiger partial charge in [0.1, 0.15) is 0 Å². The van der Waals surface area contributed by atoms with Crippen LogP contribution >= 0.6 is 0 Å². The molecule has 0 aliphatic carbocycles. The van der Waals surface area contributed by atoms with Gasteiger partial charge in [0, 0.05) is 22.7 Å². The van der Waals surface area contributed by atoms with E-state index in [4.69, 9.17) is 5.11 Å². The zero-order valence-electron chi connectivity index (χ0n) is 10.5. The van der Waals surface area contributed by atoms with Crippen LogP contribution in [0.4, 0.5) is 0 Å². The predicted octanol–water partition coefficient (Wildman–Crippen LogP) is 0.0722. The van der Waals surface area contributed by atoms with Crippen LogP contribution in [0.5, 0.6) is 0 Å². The second-order valence-corrected chi connectivity index (χ2v) is 4.30. The molecule has 0 radical (unpaired) electrons. The lowest BCUT2D eigenvalue weighted by Crippen LogP contribution is -2.34. The summed E-state index contributed by atoms with van der Waals surface area (Å²) in [6, 6.07) is 7.49. The molecular formula is C13H12N4O3. The highest BCUT2D eigenvalue weighted by Gasteiger charge is 2.13. The lowest BCUT2D eigenvalue weighted by atomic mass is 10.1. The minimum Gasteiger partial charge on any atom is -0.394 e. The molecule has 3 N–H and O–H groups in total. The Morgan fingerprint density at radius 2 is 2.05 bits per heavy atom. The van der Waals surface area contributed by atoms with E-state index in [0.717, 1.165) is 15.6 Å². The highest BCUT2D eigenvalue weighted by Crippen LogP contribution is 2.24. The standard InChI is InChI=1S/C13H12N4O3/c18-6-5-17-13(20)15-12(19)11(16-17)9-7-14-10-4-2-1-3-8(9)10/h1-4,7,14,18H,5-6H2,(H,15,19,20). The van der Waals surface area contributed by atoms with E-state index in [-0.39, 0.29) is 18.8 Å². The molecule has 0 fully saturated rings. The van der Waals surface area contributed by atoms with Crippen LogP contribution in [0.3, 0.4) is 0 Å². The summed E-state index contributed by atoms with van der Waals surface area (Å²) in [5.74, 6) is 0. The normalized spacial score (nSPS) is 11.1. The number of H-pyrrole nitrogens is 2. The summed E-state index contributed by atoms with van der Waals surface area (Å²) in [7, 11) is 0. The summed E-state index contributed by atoms with van der Waals surface area (Å²) in [5.41, 5.74) is 0.467. The van der Waals surface area contributed by atoms with Crippen molar-refractivity contribution in [2.75, 3.05) is 6.61 Å². The van der Waals surface area contributed by atoms with Crippen molar-refractivity contribution in [1.29, 1.82) is 0 Å². The van der Waals surface area contributed by atoms with Crippen molar-refractivity contribution in [2.45, 2.75) is 6.54 Å². The van der Waals surface area contributed by atoms with Crippen LogP contribution in [0.15, 0.2) is 40.1 Å². The molecule has 0 atom stereocenters. The van der Waals surface area contributed by atoms with Crippen molar-refractivity contribution in [1.82, 2.24) is 19.7 Å². The van der Waals surface area contributed by atoms with Gasteiger partial charge in [-0.3, -0.25) is 9.78 Å². The molecule has 3 aromatic rings. The Labute approximate surface area is 112 Å². The number of nitrogens with one attached hydrogen (secondary N) is 2. The van der Waals surface area contributed by atoms with E-state index < -0.39 is 11.2 Å². The zero-order chi connectivity index (χ0) is 14.1. The molecule has 0 amide bonds. The number of fused-ring (bicyclic) bond motifs is 1. The number of aliphatic hydroxyl groups is 1. The van der Waals surface area contributed by atoms with E-state index in [1.165, 1.54) is 0 Å². The lowest BCUT2D eigenvalue weighted by molar-refractivity contribution is 0.265. The molecule has 2 aromatic heterocycles. The van der Waals surface area contributed by atoms with E-state index in [1.54, 1.807) is 6.20 Å². The Hall–Kier alpha value is -2.67. The Morgan fingerprint density at radius 1 is 1.25 bits per heavy atom. The number of hydrogen-bond donors (Lipinski definition) is 3. The number of aromatic amines is 2. The van der Waals surface area contributed by atoms with E-state index in [1.807, 2.05) is 24.3 Å². The maximum Gasteiger partial charge on any atom is 0.344 e. The molecule has 0 bridgehead atoms. The summed E-state index contributed by atoms with van der Waals surface area (Å²) >= 11 is 0. The van der Waals surface area contributed by atoms with Crippen molar-refractivity contribution in [3.63, 3.8) is 0 Å². The van der Waals surface area contributed by atoms with Gasteiger partial charge in [-0.1, -0.05) is 18.2 Å². The molecule has 0 saturated heterocycles. The number of aromatic nitrogens is 4. The first kappa shape index (κ1) is 12.4. The molecule has 0 saturated carbocycles. The third kappa shape index (κ3) is 1.94. The highest BCUT2D eigenvalue weighted by atomic mass is 16.3. The number of benzene rings is 1. The van der Waals surface area contributed by atoms with Gasteiger partial charge < -0.3 is 10.1 Å². The summed E-state index contributed by atoms with van der Waals surface area (Å²) in [4.78, 5) is 28.7. The Kier molecular flexibility index (Phi) is 2.96. The molecule has 0 spiro atoms. The van der Waals surface area contributed by atoms with Crippen molar-refractivity contribution >= 4 is 10.9 Å². The summed E-state index contributed by atoms with van der Waals surface area (Å²) in [6.45, 7) is -0.197. The molecule has 0 aliphatic rings. The fourth-order valence-electron chi connectivity index (χ4n) is 2.12. The van der Waals surface area contributed by atoms with Crippen LogP contribution in [-0.4, -0.2) is 31.5 Å². The van der Waals surface area contributed by atoms with Gasteiger partial charge in [0.15, 0.2) is 5.69 Å². The van der Waals surface area contributed by atoms with Gasteiger partial charge in [-0.05, 0) is 6.07 Å². The van der Waals surface area contributed by atoms with Gasteiger partial charge in [0.2, 0.25) is 0 Å². The molecule has 3 rings (SSSR count). The maximum absolute atomic E-state index is 11.9. The van der Waals surface area contributed by atoms with Crippen LogP contribution in [-0.2, 0) is 6.54 Å². The van der Waals surface area contributed by atoms with Gasteiger partial charge in [0.25, 0.3) is 5.56 Å². The molecule has 7 heteroatoms. The third-order valence-electron chi connectivity index (χ3n) is 3.05. The third-order valence-corrected chi connectivity index (χ3v) is 3.05. The number of rotatable bonds is 3. The van der Waals surface area contributed by atoms with E-state index in [0.29, 0.717) is 5.56 Å². The van der Waals surface area contributed by atoms with Gasteiger partial charge >= 0.3 is 5.69 Å². The number of nitrogens with zero attached hydrogens (tertiary/aromatic N) is 2. The lowest BCUT2D eigenvalue weighted by Gasteiger charge is -2.03. The van der Waals surface area contributed by atoms with Crippen molar-refractivity contribution in [3.05, 3.63) is 51.3 Å². The number of hydrogen-bond acceptors (Lipinski definition) is 4. The van der Waals surface area contributed by atoms with Crippen LogP contribution in [0, 0.1) is 0 Å². The topological polar surface area (TPSA) is 104 Å². The smallest absolute Gasteiger partial charge is 0.344 e. The largest absolute Gasteiger partial charge is 0.394 e. The average Bonchev–Trinajstić information content (AvgIpc) is 2.86. The SMILES string of the molecule is O=c1[nH]c(=O)n(CCO)nc1-c1c[nH]c2ccccc12. The average molecular weight is 272 g/mol. The molecule has 2 heterocycles. The van der Waals surface area contributed by atoms with E-state index in [2.05, 4.69) is 15.1 Å². The van der Waals surface area contributed by atoms with Gasteiger partial charge in [-0.15, -0.1) is 0 Å². The predicted molar refractivity (Wildman–Crippen MR) is 73.5 cm³/mol. The van der Waals surface area contributed by atoms with Crippen LogP contribution in [0.2, 0.25) is 0 Å². The Balaban J connectivity index is 2.26. The first-order valence-corrected chi connectivity index (χ1v) is 6.09. The fourth-order valence-corrected chi connectivity index (χ4v) is 2.12. The highest BCUT2D eigenvalue weighted by molar-refractivity contribution is 5.94. The maximum atomic E-state index is 11.9. The van der Waals surface area contributed by atoms with Crippen LogP contribution < -0.4 is 11.2 Å².